The molecule has 10 heteroatoms. The highest BCUT2D eigenvalue weighted by molar-refractivity contribution is 7.15. The van der Waals surface area contributed by atoms with Crippen LogP contribution in [0.2, 0.25) is 0 Å². The summed E-state index contributed by atoms with van der Waals surface area (Å²) in [6.07, 6.45) is 0.824. The molecule has 3 aromatic rings. The zero-order valence-electron chi connectivity index (χ0n) is 18.0. The Hall–Kier alpha value is -3.63. The van der Waals surface area contributed by atoms with Crippen LogP contribution >= 0.6 is 11.3 Å². The third-order valence-corrected chi connectivity index (χ3v) is 6.37. The van der Waals surface area contributed by atoms with Gasteiger partial charge >= 0.3 is 0 Å². The van der Waals surface area contributed by atoms with Gasteiger partial charge in [0.25, 0.3) is 11.6 Å². The number of hydrogen-bond acceptors (Lipinski definition) is 7. The molecule has 1 aromatic heterocycles. The predicted molar refractivity (Wildman–Crippen MR) is 125 cm³/mol. The van der Waals surface area contributed by atoms with Crippen molar-refractivity contribution in [3.05, 3.63) is 85.9 Å². The van der Waals surface area contributed by atoms with Crippen LogP contribution < -0.4 is 10.6 Å². The molecule has 0 fully saturated rings. The van der Waals surface area contributed by atoms with Crippen molar-refractivity contribution in [1.29, 1.82) is 0 Å². The van der Waals surface area contributed by atoms with Crippen LogP contribution in [0.3, 0.4) is 0 Å². The molecule has 0 saturated heterocycles. The zero-order valence-corrected chi connectivity index (χ0v) is 18.9. The van der Waals surface area contributed by atoms with Gasteiger partial charge in [-0.2, -0.15) is 0 Å². The number of nitro benzene ring substituents is 1. The van der Waals surface area contributed by atoms with Crippen LogP contribution in [-0.2, 0) is 24.3 Å². The first-order valence-corrected chi connectivity index (χ1v) is 11.3. The molecule has 4 rings (SSSR count). The molecule has 0 saturated carbocycles. The molecular weight excluding hydrogens is 442 g/mol. The number of amides is 2. The first kappa shape index (κ1) is 22.6. The van der Waals surface area contributed by atoms with Crippen LogP contribution in [0.4, 0.5) is 10.8 Å². The van der Waals surface area contributed by atoms with Gasteiger partial charge in [-0.05, 0) is 24.6 Å². The fourth-order valence-corrected chi connectivity index (χ4v) is 4.77. The van der Waals surface area contributed by atoms with Crippen molar-refractivity contribution in [2.24, 2.45) is 0 Å². The number of anilines is 1. The number of nitrogens with zero attached hydrogens (tertiary/aromatic N) is 3. The summed E-state index contributed by atoms with van der Waals surface area (Å²) in [5, 5.41) is 16.7. The second-order valence-corrected chi connectivity index (χ2v) is 8.91. The van der Waals surface area contributed by atoms with Gasteiger partial charge in [-0.25, -0.2) is 4.98 Å². The Balaban J connectivity index is 1.29. The number of carbonyl (C=O) groups is 2. The Labute approximate surface area is 194 Å². The number of aryl methyl sites for hydroxylation is 1. The van der Waals surface area contributed by atoms with Crippen LogP contribution in [0.15, 0.2) is 48.5 Å². The molecule has 0 bridgehead atoms. The summed E-state index contributed by atoms with van der Waals surface area (Å²) >= 11 is 1.45. The zero-order chi connectivity index (χ0) is 23.4. The Morgan fingerprint density at radius 3 is 2.73 bits per heavy atom. The van der Waals surface area contributed by atoms with Gasteiger partial charge in [-0.3, -0.25) is 24.6 Å². The SMILES string of the molecule is Cc1cc(C(=O)NCC(=O)Nc2nc3c(s2)CN(Cc2ccccc2)CC3)ccc1[N+](=O)[O-]. The molecule has 33 heavy (non-hydrogen) atoms. The van der Waals surface area contributed by atoms with Crippen molar-refractivity contribution in [2.45, 2.75) is 26.4 Å². The minimum atomic E-state index is -0.501. The summed E-state index contributed by atoms with van der Waals surface area (Å²) in [5.74, 6) is -0.854. The molecule has 2 amide bonds. The highest BCUT2D eigenvalue weighted by Gasteiger charge is 2.22. The molecule has 0 spiro atoms. The van der Waals surface area contributed by atoms with Crippen molar-refractivity contribution in [3.8, 4) is 0 Å². The largest absolute Gasteiger partial charge is 0.343 e. The van der Waals surface area contributed by atoms with Crippen LogP contribution in [0.25, 0.3) is 0 Å². The summed E-state index contributed by atoms with van der Waals surface area (Å²) in [7, 11) is 0. The van der Waals surface area contributed by atoms with Gasteiger partial charge in [-0.1, -0.05) is 30.3 Å². The fourth-order valence-electron chi connectivity index (χ4n) is 3.71. The number of aromatic nitrogens is 1. The smallest absolute Gasteiger partial charge is 0.272 e. The first-order chi connectivity index (χ1) is 15.9. The van der Waals surface area contributed by atoms with E-state index in [0.717, 1.165) is 36.6 Å². The maximum Gasteiger partial charge on any atom is 0.272 e. The first-order valence-electron chi connectivity index (χ1n) is 10.5. The molecule has 1 aliphatic rings. The number of benzene rings is 2. The second-order valence-electron chi connectivity index (χ2n) is 7.82. The minimum absolute atomic E-state index is 0.0561. The Morgan fingerprint density at radius 2 is 2.00 bits per heavy atom. The Kier molecular flexibility index (Phi) is 6.76. The molecule has 0 radical (unpaired) electrons. The van der Waals surface area contributed by atoms with Gasteiger partial charge in [0.15, 0.2) is 5.13 Å². The van der Waals surface area contributed by atoms with Gasteiger partial charge in [-0.15, -0.1) is 11.3 Å². The topological polar surface area (TPSA) is 117 Å². The Bertz CT molecular complexity index is 1190. The lowest BCUT2D eigenvalue weighted by atomic mass is 10.1. The number of nitrogens with one attached hydrogen (secondary N) is 2. The number of carbonyl (C=O) groups excluding carboxylic acids is 2. The average molecular weight is 466 g/mol. The van der Waals surface area contributed by atoms with Crippen LogP contribution in [0.5, 0.6) is 0 Å². The van der Waals surface area contributed by atoms with E-state index in [1.807, 2.05) is 18.2 Å². The van der Waals surface area contributed by atoms with E-state index < -0.39 is 10.8 Å². The summed E-state index contributed by atoms with van der Waals surface area (Å²) < 4.78 is 0. The number of nitro groups is 1. The fraction of sp³-hybridized carbons (Fsp3) is 0.261. The van der Waals surface area contributed by atoms with Crippen LogP contribution in [-0.4, -0.2) is 39.7 Å². The van der Waals surface area contributed by atoms with E-state index in [0.29, 0.717) is 10.7 Å². The van der Waals surface area contributed by atoms with Crippen LogP contribution in [0.1, 0.15) is 32.1 Å². The number of rotatable bonds is 7. The molecular formula is C23H23N5O4S. The van der Waals surface area contributed by atoms with Crippen LogP contribution in [0, 0.1) is 17.0 Å². The summed E-state index contributed by atoms with van der Waals surface area (Å²) in [5.41, 5.74) is 2.85. The normalized spacial score (nSPS) is 13.2. The molecule has 2 aromatic carbocycles. The molecule has 9 nitrogen and oxygen atoms in total. The molecule has 170 valence electrons. The van der Waals surface area contributed by atoms with Crippen molar-refractivity contribution in [2.75, 3.05) is 18.4 Å². The van der Waals surface area contributed by atoms with E-state index in [9.17, 15) is 19.7 Å². The van der Waals surface area contributed by atoms with Crippen molar-refractivity contribution in [3.63, 3.8) is 0 Å². The quantitative estimate of drug-likeness (QED) is 0.408. The van der Waals surface area contributed by atoms with Crippen molar-refractivity contribution in [1.82, 2.24) is 15.2 Å². The van der Waals surface area contributed by atoms with E-state index in [4.69, 9.17) is 0 Å². The summed E-state index contributed by atoms with van der Waals surface area (Å²) in [4.78, 5) is 43.1. The third-order valence-electron chi connectivity index (χ3n) is 5.37. The lowest BCUT2D eigenvalue weighted by Crippen LogP contribution is -2.32. The summed E-state index contributed by atoms with van der Waals surface area (Å²) in [6.45, 7) is 3.90. The number of fused-ring (bicyclic) bond motifs is 1. The van der Waals surface area contributed by atoms with Gasteiger partial charge < -0.3 is 10.6 Å². The lowest BCUT2D eigenvalue weighted by Gasteiger charge is -2.25. The van der Waals surface area contributed by atoms with Gasteiger partial charge in [0.1, 0.15) is 0 Å². The monoisotopic (exact) mass is 465 g/mol. The average Bonchev–Trinajstić information content (AvgIpc) is 3.19. The molecule has 0 atom stereocenters. The van der Waals surface area contributed by atoms with E-state index in [-0.39, 0.29) is 23.7 Å². The van der Waals surface area contributed by atoms with E-state index in [2.05, 4.69) is 32.7 Å². The minimum Gasteiger partial charge on any atom is -0.343 e. The predicted octanol–water partition coefficient (Wildman–Crippen LogP) is 3.29. The standard InChI is InChI=1S/C23H23N5O4S/c1-15-11-17(7-8-19(15)28(31)32)22(30)24-12-21(29)26-23-25-18-9-10-27(14-20(18)33-23)13-16-5-3-2-4-6-16/h2-8,11H,9-10,12-14H2,1H3,(H,24,30)(H,25,26,29). The Morgan fingerprint density at radius 1 is 1.21 bits per heavy atom. The van der Waals surface area contributed by atoms with Gasteiger partial charge in [0, 0.05) is 48.1 Å². The highest BCUT2D eigenvalue weighted by Crippen LogP contribution is 2.29. The molecule has 2 heterocycles. The third kappa shape index (κ3) is 5.60. The van der Waals surface area contributed by atoms with Gasteiger partial charge in [0.2, 0.25) is 5.91 Å². The summed E-state index contributed by atoms with van der Waals surface area (Å²) in [6, 6.07) is 14.4. The van der Waals surface area contributed by atoms with E-state index in [1.165, 1.54) is 35.1 Å². The van der Waals surface area contributed by atoms with E-state index in [1.54, 1.807) is 6.92 Å². The molecule has 0 aliphatic carbocycles. The molecule has 1 aliphatic heterocycles. The van der Waals surface area contributed by atoms with Crippen molar-refractivity contribution >= 4 is 34.0 Å². The highest BCUT2D eigenvalue weighted by atomic mass is 32.1. The van der Waals surface area contributed by atoms with E-state index >= 15 is 0 Å². The van der Waals surface area contributed by atoms with Crippen molar-refractivity contribution < 1.29 is 14.5 Å². The molecule has 2 N–H and O–H groups in total. The lowest BCUT2D eigenvalue weighted by molar-refractivity contribution is -0.385. The maximum atomic E-state index is 12.3. The maximum absolute atomic E-state index is 12.3. The second kappa shape index (κ2) is 9.88. The van der Waals surface area contributed by atoms with Gasteiger partial charge in [0.05, 0.1) is 17.2 Å². The number of thiazole rings is 1. The molecule has 0 unspecified atom stereocenters. The number of hydrogen-bond donors (Lipinski definition) is 2.